The van der Waals surface area contributed by atoms with Crippen molar-refractivity contribution >= 4 is 0 Å². The van der Waals surface area contributed by atoms with E-state index in [1.807, 2.05) is 0 Å². The van der Waals surface area contributed by atoms with Gasteiger partial charge in [0.05, 0.1) is 25.9 Å². The van der Waals surface area contributed by atoms with Crippen LogP contribution in [-0.2, 0) is 6.54 Å². The molecule has 0 aliphatic rings. The predicted molar refractivity (Wildman–Crippen MR) is 63.1 cm³/mol. The standard InChI is InChI=1S/C11H19N3O3/c1-8(15)4-5-12-6-9-10(16-2)13-7-14-11(9)17-3/h7-8,12,15H,4-6H2,1-3H3. The molecule has 1 aromatic rings. The van der Waals surface area contributed by atoms with Gasteiger partial charge in [0.15, 0.2) is 0 Å². The lowest BCUT2D eigenvalue weighted by Crippen LogP contribution is -2.19. The average molecular weight is 241 g/mol. The molecule has 0 aliphatic carbocycles. The van der Waals surface area contributed by atoms with Crippen molar-refractivity contribution in [2.45, 2.75) is 26.0 Å². The third kappa shape index (κ3) is 4.16. The van der Waals surface area contributed by atoms with Crippen molar-refractivity contribution in [2.24, 2.45) is 0 Å². The maximum Gasteiger partial charge on any atom is 0.224 e. The van der Waals surface area contributed by atoms with Gasteiger partial charge in [-0.1, -0.05) is 0 Å². The first-order chi connectivity index (χ1) is 8.19. The van der Waals surface area contributed by atoms with Gasteiger partial charge < -0.3 is 19.9 Å². The summed E-state index contributed by atoms with van der Waals surface area (Å²) < 4.78 is 10.3. The molecule has 17 heavy (non-hydrogen) atoms. The fourth-order valence-electron chi connectivity index (χ4n) is 1.41. The normalized spacial score (nSPS) is 12.2. The van der Waals surface area contributed by atoms with Crippen LogP contribution in [0.5, 0.6) is 11.8 Å². The molecule has 0 saturated heterocycles. The second-order valence-corrected chi connectivity index (χ2v) is 3.69. The molecule has 6 heteroatoms. The molecule has 96 valence electrons. The topological polar surface area (TPSA) is 76.5 Å². The summed E-state index contributed by atoms with van der Waals surface area (Å²) in [7, 11) is 3.11. The molecule has 0 saturated carbocycles. The van der Waals surface area contributed by atoms with E-state index in [2.05, 4.69) is 15.3 Å². The average Bonchev–Trinajstić information content (AvgIpc) is 2.34. The van der Waals surface area contributed by atoms with Gasteiger partial charge in [-0.2, -0.15) is 0 Å². The first kappa shape index (κ1) is 13.7. The monoisotopic (exact) mass is 241 g/mol. The Morgan fingerprint density at radius 2 is 1.88 bits per heavy atom. The van der Waals surface area contributed by atoms with E-state index in [1.54, 1.807) is 21.1 Å². The van der Waals surface area contributed by atoms with Crippen LogP contribution in [0, 0.1) is 0 Å². The van der Waals surface area contributed by atoms with Crippen molar-refractivity contribution in [3.8, 4) is 11.8 Å². The molecule has 0 aliphatic heterocycles. The van der Waals surface area contributed by atoms with E-state index in [0.717, 1.165) is 5.56 Å². The smallest absolute Gasteiger partial charge is 0.224 e. The quantitative estimate of drug-likeness (QED) is 0.671. The molecule has 1 unspecified atom stereocenters. The van der Waals surface area contributed by atoms with Gasteiger partial charge in [0, 0.05) is 6.54 Å². The fraction of sp³-hybridized carbons (Fsp3) is 0.636. The highest BCUT2D eigenvalue weighted by Gasteiger charge is 2.12. The predicted octanol–water partition coefficient (Wildman–Crippen LogP) is 0.354. The largest absolute Gasteiger partial charge is 0.481 e. The summed E-state index contributed by atoms with van der Waals surface area (Å²) in [5.74, 6) is 1.00. The van der Waals surface area contributed by atoms with Crippen LogP contribution in [-0.4, -0.2) is 41.9 Å². The fourth-order valence-corrected chi connectivity index (χ4v) is 1.41. The SMILES string of the molecule is COc1ncnc(OC)c1CNCCC(C)O. The number of aliphatic hydroxyl groups is 1. The van der Waals surface area contributed by atoms with Crippen molar-refractivity contribution < 1.29 is 14.6 Å². The molecule has 0 fully saturated rings. The van der Waals surface area contributed by atoms with E-state index in [0.29, 0.717) is 31.3 Å². The van der Waals surface area contributed by atoms with Crippen LogP contribution < -0.4 is 14.8 Å². The molecule has 0 aromatic carbocycles. The Bertz CT molecular complexity index is 322. The Balaban J connectivity index is 2.61. The highest BCUT2D eigenvalue weighted by molar-refractivity contribution is 5.34. The van der Waals surface area contributed by atoms with Gasteiger partial charge in [-0.25, -0.2) is 9.97 Å². The number of hydrogen-bond acceptors (Lipinski definition) is 6. The van der Waals surface area contributed by atoms with Crippen LogP contribution >= 0.6 is 0 Å². The van der Waals surface area contributed by atoms with Crippen molar-refractivity contribution in [2.75, 3.05) is 20.8 Å². The second kappa shape index (κ2) is 7.03. The first-order valence-electron chi connectivity index (χ1n) is 5.49. The van der Waals surface area contributed by atoms with E-state index < -0.39 is 0 Å². The van der Waals surface area contributed by atoms with Crippen molar-refractivity contribution in [1.29, 1.82) is 0 Å². The van der Waals surface area contributed by atoms with Crippen LogP contribution in [0.2, 0.25) is 0 Å². The molecule has 0 radical (unpaired) electrons. The minimum absolute atomic E-state index is 0.307. The summed E-state index contributed by atoms with van der Waals surface area (Å²) in [4.78, 5) is 8.03. The Morgan fingerprint density at radius 3 is 2.35 bits per heavy atom. The molecule has 1 atom stereocenters. The lowest BCUT2D eigenvalue weighted by molar-refractivity contribution is 0.183. The van der Waals surface area contributed by atoms with Gasteiger partial charge in [-0.15, -0.1) is 0 Å². The number of nitrogens with one attached hydrogen (secondary N) is 1. The Morgan fingerprint density at radius 1 is 1.29 bits per heavy atom. The summed E-state index contributed by atoms with van der Waals surface area (Å²) in [6.07, 6.45) is 1.79. The van der Waals surface area contributed by atoms with E-state index in [1.165, 1.54) is 6.33 Å². The van der Waals surface area contributed by atoms with E-state index in [9.17, 15) is 0 Å². The van der Waals surface area contributed by atoms with Crippen molar-refractivity contribution in [1.82, 2.24) is 15.3 Å². The van der Waals surface area contributed by atoms with Gasteiger partial charge in [-0.05, 0) is 19.9 Å². The molecule has 0 amide bonds. The molecule has 1 aromatic heterocycles. The number of hydrogen-bond donors (Lipinski definition) is 2. The summed E-state index contributed by atoms with van der Waals surface area (Å²) in [5.41, 5.74) is 0.781. The molecule has 1 rings (SSSR count). The minimum Gasteiger partial charge on any atom is -0.481 e. The zero-order chi connectivity index (χ0) is 12.7. The van der Waals surface area contributed by atoms with Crippen LogP contribution in [0.15, 0.2) is 6.33 Å². The maximum atomic E-state index is 9.14. The molecular formula is C11H19N3O3. The van der Waals surface area contributed by atoms with Crippen LogP contribution in [0.3, 0.4) is 0 Å². The molecule has 6 nitrogen and oxygen atoms in total. The summed E-state index contributed by atoms with van der Waals surface area (Å²) >= 11 is 0. The molecule has 1 heterocycles. The van der Waals surface area contributed by atoms with Gasteiger partial charge in [0.25, 0.3) is 0 Å². The van der Waals surface area contributed by atoms with Crippen molar-refractivity contribution in [3.05, 3.63) is 11.9 Å². The number of aromatic nitrogens is 2. The molecular weight excluding hydrogens is 222 g/mol. The lowest BCUT2D eigenvalue weighted by atomic mass is 10.2. The lowest BCUT2D eigenvalue weighted by Gasteiger charge is -2.11. The van der Waals surface area contributed by atoms with E-state index in [4.69, 9.17) is 14.6 Å². The van der Waals surface area contributed by atoms with E-state index in [-0.39, 0.29) is 6.10 Å². The Kier molecular flexibility index (Phi) is 5.65. The Labute approximate surface area is 101 Å². The van der Waals surface area contributed by atoms with Gasteiger partial charge in [-0.3, -0.25) is 0 Å². The van der Waals surface area contributed by atoms with Crippen LogP contribution in [0.25, 0.3) is 0 Å². The number of rotatable bonds is 7. The van der Waals surface area contributed by atoms with Crippen LogP contribution in [0.4, 0.5) is 0 Å². The third-order valence-electron chi connectivity index (χ3n) is 2.29. The number of methoxy groups -OCH3 is 2. The summed E-state index contributed by atoms with van der Waals surface area (Å²) in [6, 6.07) is 0. The van der Waals surface area contributed by atoms with Crippen molar-refractivity contribution in [3.63, 3.8) is 0 Å². The number of ether oxygens (including phenoxy) is 2. The van der Waals surface area contributed by atoms with Gasteiger partial charge in [0.1, 0.15) is 6.33 Å². The Hall–Kier alpha value is -1.40. The highest BCUT2D eigenvalue weighted by atomic mass is 16.5. The zero-order valence-electron chi connectivity index (χ0n) is 10.4. The number of nitrogens with zero attached hydrogens (tertiary/aromatic N) is 2. The van der Waals surface area contributed by atoms with Gasteiger partial charge >= 0.3 is 0 Å². The summed E-state index contributed by atoms with van der Waals surface area (Å²) in [5, 5.41) is 12.3. The summed E-state index contributed by atoms with van der Waals surface area (Å²) in [6.45, 7) is 3.01. The zero-order valence-corrected chi connectivity index (χ0v) is 10.4. The molecule has 2 N–H and O–H groups in total. The minimum atomic E-state index is -0.307. The molecule has 0 bridgehead atoms. The third-order valence-corrected chi connectivity index (χ3v) is 2.29. The molecule has 0 spiro atoms. The van der Waals surface area contributed by atoms with Gasteiger partial charge in [0.2, 0.25) is 11.8 Å². The first-order valence-corrected chi connectivity index (χ1v) is 5.49. The maximum absolute atomic E-state index is 9.14. The van der Waals surface area contributed by atoms with E-state index >= 15 is 0 Å². The highest BCUT2D eigenvalue weighted by Crippen LogP contribution is 2.22. The number of aliphatic hydroxyl groups excluding tert-OH is 1. The second-order valence-electron chi connectivity index (χ2n) is 3.69. The van der Waals surface area contributed by atoms with Crippen LogP contribution in [0.1, 0.15) is 18.9 Å².